The molecule has 0 aliphatic rings. The quantitative estimate of drug-likeness (QED) is 0.596. The average Bonchev–Trinajstić information content (AvgIpc) is 2.98. The third kappa shape index (κ3) is 4.29. The van der Waals surface area contributed by atoms with Crippen LogP contribution in [0.5, 0.6) is 0 Å². The lowest BCUT2D eigenvalue weighted by molar-refractivity contribution is -0.113. The van der Waals surface area contributed by atoms with Crippen LogP contribution in [0.4, 0.5) is 5.69 Å². The van der Waals surface area contributed by atoms with Crippen molar-refractivity contribution in [2.24, 2.45) is 0 Å². The number of halogens is 1. The summed E-state index contributed by atoms with van der Waals surface area (Å²) >= 11 is 4.63. The van der Waals surface area contributed by atoms with Gasteiger partial charge in [0, 0.05) is 21.9 Å². The Morgan fingerprint density at radius 1 is 1.32 bits per heavy atom. The fourth-order valence-corrected chi connectivity index (χ4v) is 3.39. The van der Waals surface area contributed by atoms with Crippen molar-refractivity contribution in [3.05, 3.63) is 50.9 Å². The van der Waals surface area contributed by atoms with Gasteiger partial charge >= 0.3 is 0 Å². The van der Waals surface area contributed by atoms with Crippen LogP contribution in [-0.2, 0) is 11.2 Å². The van der Waals surface area contributed by atoms with Crippen molar-refractivity contribution < 1.29 is 4.79 Å². The molecule has 25 heavy (non-hydrogen) atoms. The van der Waals surface area contributed by atoms with E-state index in [2.05, 4.69) is 36.4 Å². The molecule has 130 valence electrons. The molecule has 0 unspecified atom stereocenters. The summed E-state index contributed by atoms with van der Waals surface area (Å²) in [4.78, 5) is 26.5. The summed E-state index contributed by atoms with van der Waals surface area (Å²) < 4.78 is 2.75. The highest BCUT2D eigenvalue weighted by atomic mass is 79.9. The van der Waals surface area contributed by atoms with Gasteiger partial charge in [-0.3, -0.25) is 19.0 Å². The van der Waals surface area contributed by atoms with Crippen molar-refractivity contribution in [3.8, 4) is 0 Å². The van der Waals surface area contributed by atoms with Crippen molar-refractivity contribution in [2.75, 3.05) is 11.1 Å². The topological polar surface area (TPSA) is 92.2 Å². The maximum absolute atomic E-state index is 12.1. The molecule has 1 amide bonds. The van der Waals surface area contributed by atoms with Gasteiger partial charge in [0.05, 0.1) is 5.75 Å². The zero-order chi connectivity index (χ0) is 17.8. The average molecular weight is 422 g/mol. The van der Waals surface area contributed by atoms with Crippen LogP contribution in [0.1, 0.15) is 19.0 Å². The number of rotatable bonds is 6. The number of aromatic nitrogens is 4. The van der Waals surface area contributed by atoms with E-state index in [0.717, 1.165) is 28.7 Å². The third-order valence-corrected chi connectivity index (χ3v) is 4.88. The molecule has 0 bridgehead atoms. The highest BCUT2D eigenvalue weighted by Gasteiger charge is 2.13. The monoisotopic (exact) mass is 421 g/mol. The minimum atomic E-state index is -0.201. The molecule has 2 heterocycles. The van der Waals surface area contributed by atoms with Crippen molar-refractivity contribution in [2.45, 2.75) is 24.9 Å². The minimum Gasteiger partial charge on any atom is -0.325 e. The summed E-state index contributed by atoms with van der Waals surface area (Å²) in [5, 5.41) is 11.5. The van der Waals surface area contributed by atoms with Gasteiger partial charge in [0.2, 0.25) is 11.7 Å². The van der Waals surface area contributed by atoms with Gasteiger partial charge in [0.1, 0.15) is 0 Å². The number of carbonyl (C=O) groups excluding carboxylic acids is 1. The fourth-order valence-electron chi connectivity index (χ4n) is 2.37. The molecule has 0 saturated carbocycles. The maximum Gasteiger partial charge on any atom is 0.252 e. The van der Waals surface area contributed by atoms with Crippen molar-refractivity contribution >= 4 is 45.1 Å². The van der Waals surface area contributed by atoms with E-state index < -0.39 is 0 Å². The number of hydrogen-bond acceptors (Lipinski definition) is 5. The molecular weight excluding hydrogens is 406 g/mol. The number of H-pyrrole nitrogens is 1. The second-order valence-electron chi connectivity index (χ2n) is 5.36. The van der Waals surface area contributed by atoms with Crippen molar-refractivity contribution in [1.29, 1.82) is 0 Å². The van der Waals surface area contributed by atoms with Crippen LogP contribution in [0, 0.1) is 0 Å². The Balaban J connectivity index is 1.73. The Bertz CT molecular complexity index is 951. The first-order chi connectivity index (χ1) is 12.1. The van der Waals surface area contributed by atoms with E-state index in [1.165, 1.54) is 11.8 Å². The van der Waals surface area contributed by atoms with Crippen molar-refractivity contribution in [1.82, 2.24) is 19.6 Å². The molecule has 0 radical (unpaired) electrons. The van der Waals surface area contributed by atoms with Gasteiger partial charge in [-0.05, 0) is 30.7 Å². The van der Waals surface area contributed by atoms with Gasteiger partial charge in [-0.1, -0.05) is 41.0 Å². The molecule has 0 saturated heterocycles. The molecule has 0 spiro atoms. The largest absolute Gasteiger partial charge is 0.325 e. The van der Waals surface area contributed by atoms with E-state index >= 15 is 0 Å². The van der Waals surface area contributed by atoms with Gasteiger partial charge in [-0.25, -0.2) is 0 Å². The zero-order valence-corrected chi connectivity index (χ0v) is 15.9. The van der Waals surface area contributed by atoms with Crippen LogP contribution in [0.2, 0.25) is 0 Å². The number of amides is 1. The third-order valence-electron chi connectivity index (χ3n) is 3.42. The predicted molar refractivity (Wildman–Crippen MR) is 101 cm³/mol. The maximum atomic E-state index is 12.1. The lowest BCUT2D eigenvalue weighted by Crippen LogP contribution is -2.15. The molecule has 0 fully saturated rings. The lowest BCUT2D eigenvalue weighted by Gasteiger charge is -2.07. The Morgan fingerprint density at radius 2 is 2.08 bits per heavy atom. The molecule has 9 heteroatoms. The van der Waals surface area contributed by atoms with Crippen LogP contribution in [0.25, 0.3) is 5.78 Å². The molecule has 0 aliphatic carbocycles. The molecule has 0 aliphatic heterocycles. The number of thioether (sulfide) groups is 1. The summed E-state index contributed by atoms with van der Waals surface area (Å²) in [5.41, 5.74) is 1.37. The number of nitrogens with zero attached hydrogens (tertiary/aromatic N) is 3. The van der Waals surface area contributed by atoms with Crippen LogP contribution < -0.4 is 10.9 Å². The van der Waals surface area contributed by atoms with Crippen LogP contribution >= 0.6 is 27.7 Å². The number of aromatic amines is 1. The molecule has 3 aromatic rings. The highest BCUT2D eigenvalue weighted by Crippen LogP contribution is 2.19. The number of hydrogen-bond donors (Lipinski definition) is 2. The van der Waals surface area contributed by atoms with Crippen LogP contribution in [0.15, 0.2) is 44.8 Å². The predicted octanol–water partition coefficient (Wildman–Crippen LogP) is 2.86. The van der Waals surface area contributed by atoms with Gasteiger partial charge in [0.25, 0.3) is 5.56 Å². The second-order valence-corrected chi connectivity index (χ2v) is 7.22. The number of benzene rings is 1. The summed E-state index contributed by atoms with van der Waals surface area (Å²) in [5.74, 6) is 0.457. The van der Waals surface area contributed by atoms with E-state index in [-0.39, 0.29) is 17.2 Å². The molecule has 3 rings (SSSR count). The molecule has 2 aromatic heterocycles. The Kier molecular flexibility index (Phi) is 5.54. The van der Waals surface area contributed by atoms with Gasteiger partial charge in [-0.2, -0.15) is 0 Å². The number of aryl methyl sites for hydroxylation is 1. The molecule has 2 N–H and O–H groups in total. The van der Waals surface area contributed by atoms with Crippen molar-refractivity contribution in [3.63, 3.8) is 0 Å². The van der Waals surface area contributed by atoms with E-state index in [4.69, 9.17) is 0 Å². The van der Waals surface area contributed by atoms with E-state index in [9.17, 15) is 9.59 Å². The molecule has 7 nitrogen and oxygen atoms in total. The highest BCUT2D eigenvalue weighted by molar-refractivity contribution is 9.10. The number of anilines is 1. The number of carbonyl (C=O) groups is 1. The van der Waals surface area contributed by atoms with Gasteiger partial charge in [0.15, 0.2) is 5.16 Å². The standard InChI is InChI=1S/C16H16BrN5O2S/c1-2-3-12-8-13(23)19-15-20-21-16(22(12)15)25-9-14(24)18-11-6-4-10(17)5-7-11/h4-8H,2-3,9H2,1H3,(H,18,24)(H,19,20,23). The minimum absolute atomic E-state index is 0.134. The molecule has 0 atom stereocenters. The van der Waals surface area contributed by atoms with Gasteiger partial charge in [-0.15, -0.1) is 10.2 Å². The fraction of sp³-hybridized carbons (Fsp3) is 0.250. The summed E-state index contributed by atoms with van der Waals surface area (Å²) in [6, 6.07) is 8.92. The number of fused-ring (bicyclic) bond motifs is 1. The summed E-state index contributed by atoms with van der Waals surface area (Å²) in [7, 11) is 0. The first-order valence-corrected chi connectivity index (χ1v) is 9.50. The first kappa shape index (κ1) is 17.7. The summed E-state index contributed by atoms with van der Waals surface area (Å²) in [6.45, 7) is 2.04. The smallest absolute Gasteiger partial charge is 0.252 e. The molecular formula is C16H16BrN5O2S. The normalized spacial score (nSPS) is 11.0. The summed E-state index contributed by atoms with van der Waals surface area (Å²) in [6.07, 6.45) is 1.63. The van der Waals surface area contributed by atoms with E-state index in [1.54, 1.807) is 10.5 Å². The SMILES string of the molecule is CCCc1cc(=O)[nH]c2nnc(SCC(=O)Nc3ccc(Br)cc3)n12. The Labute approximate surface area is 156 Å². The Hall–Kier alpha value is -2.13. The zero-order valence-electron chi connectivity index (χ0n) is 13.5. The lowest BCUT2D eigenvalue weighted by atomic mass is 10.2. The van der Waals surface area contributed by atoms with E-state index in [1.807, 2.05) is 31.2 Å². The second kappa shape index (κ2) is 7.83. The number of nitrogens with one attached hydrogen (secondary N) is 2. The molecule has 1 aromatic carbocycles. The first-order valence-electron chi connectivity index (χ1n) is 7.72. The Morgan fingerprint density at radius 3 is 2.80 bits per heavy atom. The van der Waals surface area contributed by atoms with Gasteiger partial charge < -0.3 is 5.32 Å². The van der Waals surface area contributed by atoms with E-state index in [0.29, 0.717) is 10.9 Å². The van der Waals surface area contributed by atoms with Crippen LogP contribution in [0.3, 0.4) is 0 Å². The van der Waals surface area contributed by atoms with Crippen LogP contribution in [-0.4, -0.2) is 31.2 Å².